The van der Waals surface area contributed by atoms with Crippen molar-refractivity contribution in [3.63, 3.8) is 0 Å². The molecule has 0 heterocycles. The molecule has 0 spiro atoms. The highest BCUT2D eigenvalue weighted by Gasteiger charge is 1.97. The van der Waals surface area contributed by atoms with Gasteiger partial charge in [-0.15, -0.1) is 0 Å². The van der Waals surface area contributed by atoms with Crippen LogP contribution in [0.15, 0.2) is 0 Å². The molecule has 0 radical (unpaired) electrons. The molecule has 0 fully saturated rings. The topological polar surface area (TPSA) is 101 Å². The van der Waals surface area contributed by atoms with Crippen molar-refractivity contribution < 1.29 is 29.3 Å². The molecule has 0 amide bonds. The fourth-order valence-electron chi connectivity index (χ4n) is 2.73. The fourth-order valence-corrected chi connectivity index (χ4v) is 2.73. The summed E-state index contributed by atoms with van der Waals surface area (Å²) in [7, 11) is 1.42. The lowest BCUT2D eigenvalue weighted by Gasteiger charge is -1.98. The zero-order valence-corrected chi connectivity index (χ0v) is 20.8. The molecule has 186 valence electrons. The second-order valence-electron chi connectivity index (χ2n) is 7.86. The summed E-state index contributed by atoms with van der Waals surface area (Å²) in [6.07, 6.45) is 18.3. The van der Waals surface area contributed by atoms with Gasteiger partial charge in [-0.25, -0.2) is 0 Å². The summed E-state index contributed by atoms with van der Waals surface area (Å²) in [5.41, 5.74) is 0. The minimum Gasteiger partial charge on any atom is -0.481 e. The predicted molar refractivity (Wildman–Crippen MR) is 127 cm³/mol. The van der Waals surface area contributed by atoms with Gasteiger partial charge >= 0.3 is 17.9 Å². The van der Waals surface area contributed by atoms with E-state index in [1.54, 1.807) is 0 Å². The van der Waals surface area contributed by atoms with Crippen molar-refractivity contribution in [1.29, 1.82) is 0 Å². The average Bonchev–Trinajstić information content (AvgIpc) is 2.73. The molecule has 0 aromatic carbocycles. The molecule has 2 N–H and O–H groups in total. The number of carbonyl (C=O) groups is 3. The van der Waals surface area contributed by atoms with Crippen LogP contribution in [0.5, 0.6) is 0 Å². The number of aliphatic carboxylic acids is 2. The summed E-state index contributed by atoms with van der Waals surface area (Å²) in [5.74, 6) is -1.43. The third-order valence-electron chi connectivity index (χ3n) is 4.70. The van der Waals surface area contributed by atoms with Gasteiger partial charge in [0.1, 0.15) is 0 Å². The van der Waals surface area contributed by atoms with E-state index < -0.39 is 11.9 Å². The molecule has 0 atom stereocenters. The van der Waals surface area contributed by atoms with E-state index in [9.17, 15) is 14.4 Å². The summed E-state index contributed by atoms with van der Waals surface area (Å²) in [5, 5.41) is 16.6. The molecule has 0 saturated heterocycles. The summed E-state index contributed by atoms with van der Waals surface area (Å²) < 4.78 is 4.46. The number of carboxylic acid groups (broad SMARTS) is 2. The molecule has 6 nitrogen and oxygen atoms in total. The van der Waals surface area contributed by atoms with Gasteiger partial charge in [-0.2, -0.15) is 0 Å². The number of unbranched alkanes of at least 4 members (excludes halogenated alkanes) is 12. The summed E-state index contributed by atoms with van der Waals surface area (Å²) >= 11 is 0. The maximum Gasteiger partial charge on any atom is 0.305 e. The number of hydrogen-bond acceptors (Lipinski definition) is 4. The molecule has 0 aliphatic heterocycles. The molecule has 0 bridgehead atoms. The fraction of sp³-hybridized carbons (Fsp3) is 0.880. The Balaban J connectivity index is -0.000000384. The van der Waals surface area contributed by atoms with Gasteiger partial charge in [-0.1, -0.05) is 97.8 Å². The van der Waals surface area contributed by atoms with E-state index in [0.717, 1.165) is 44.9 Å². The van der Waals surface area contributed by atoms with Gasteiger partial charge in [0, 0.05) is 19.3 Å². The van der Waals surface area contributed by atoms with E-state index >= 15 is 0 Å². The highest BCUT2D eigenvalue weighted by molar-refractivity contribution is 5.69. The predicted octanol–water partition coefficient (Wildman–Crippen LogP) is 7.38. The number of hydrogen-bond donors (Lipinski definition) is 2. The molecule has 0 aliphatic rings. The van der Waals surface area contributed by atoms with Gasteiger partial charge < -0.3 is 14.9 Å². The van der Waals surface area contributed by atoms with Gasteiger partial charge in [0.05, 0.1) is 7.11 Å². The first-order valence-corrected chi connectivity index (χ1v) is 12.4. The molecule has 0 rings (SSSR count). The van der Waals surface area contributed by atoms with Gasteiger partial charge in [0.15, 0.2) is 0 Å². The second-order valence-corrected chi connectivity index (χ2v) is 7.86. The third-order valence-corrected chi connectivity index (χ3v) is 4.70. The minimum atomic E-state index is -0.670. The van der Waals surface area contributed by atoms with Crippen molar-refractivity contribution in [2.24, 2.45) is 0 Å². The zero-order chi connectivity index (χ0) is 24.2. The zero-order valence-electron chi connectivity index (χ0n) is 20.8. The van der Waals surface area contributed by atoms with Gasteiger partial charge in [-0.3, -0.25) is 14.4 Å². The Morgan fingerprint density at radius 3 is 1.13 bits per heavy atom. The van der Waals surface area contributed by atoms with Gasteiger partial charge in [0.2, 0.25) is 0 Å². The normalized spacial score (nSPS) is 9.68. The Bertz CT molecular complexity index is 395. The Labute approximate surface area is 191 Å². The van der Waals surface area contributed by atoms with E-state index in [1.165, 1.54) is 58.5 Å². The molecule has 0 unspecified atom stereocenters. The third kappa shape index (κ3) is 43.2. The quantitative estimate of drug-likeness (QED) is 0.168. The first-order chi connectivity index (χ1) is 14.8. The van der Waals surface area contributed by atoms with Crippen LogP contribution in [-0.2, 0) is 19.1 Å². The molecule has 6 heteroatoms. The van der Waals surface area contributed by atoms with Crippen molar-refractivity contribution in [1.82, 2.24) is 0 Å². The van der Waals surface area contributed by atoms with E-state index in [0.29, 0.717) is 19.3 Å². The van der Waals surface area contributed by atoms with E-state index in [1.807, 2.05) is 0 Å². The lowest BCUT2D eigenvalue weighted by molar-refractivity contribution is -0.141. The molecular formula is C25H50O6. The van der Waals surface area contributed by atoms with Crippen LogP contribution in [0.1, 0.15) is 136 Å². The van der Waals surface area contributed by atoms with Crippen LogP contribution in [0.25, 0.3) is 0 Å². The first kappa shape index (κ1) is 34.0. The number of carboxylic acids is 2. The minimum absolute atomic E-state index is 0.0940. The standard InChI is InChI=1S/C10H20O2.C8H16O2.C7H14O2/c1-2-3-4-5-6-7-8-9-10(11)12;1-2-3-4-5-6-7-8(9)10;1-3-4-5-6-7(8)9-2/h2-9H2,1H3,(H,11,12);2-7H2,1H3,(H,9,10);3-6H2,1-2H3. The second kappa shape index (κ2) is 30.6. The molecule has 0 aromatic heterocycles. The number of rotatable bonds is 18. The smallest absolute Gasteiger partial charge is 0.305 e. The molecule has 31 heavy (non-hydrogen) atoms. The number of esters is 1. The molecular weight excluding hydrogens is 396 g/mol. The molecule has 0 aliphatic carbocycles. The number of carbonyl (C=O) groups excluding carboxylic acids is 1. The van der Waals surface area contributed by atoms with Crippen LogP contribution in [0.2, 0.25) is 0 Å². The van der Waals surface area contributed by atoms with E-state index in [2.05, 4.69) is 25.5 Å². The highest BCUT2D eigenvalue weighted by atomic mass is 16.5. The lowest BCUT2D eigenvalue weighted by atomic mass is 10.1. The summed E-state index contributed by atoms with van der Waals surface area (Å²) in [6.45, 7) is 6.46. The van der Waals surface area contributed by atoms with Crippen molar-refractivity contribution in [3.8, 4) is 0 Å². The average molecular weight is 447 g/mol. The van der Waals surface area contributed by atoms with E-state index in [4.69, 9.17) is 10.2 Å². The van der Waals surface area contributed by atoms with Crippen LogP contribution in [0, 0.1) is 0 Å². The summed E-state index contributed by atoms with van der Waals surface area (Å²) in [4.78, 5) is 30.6. The number of methoxy groups -OCH3 is 1. The maximum absolute atomic E-state index is 10.5. The van der Waals surface area contributed by atoms with Crippen molar-refractivity contribution >= 4 is 17.9 Å². The maximum atomic E-state index is 10.5. The molecule has 0 saturated carbocycles. The van der Waals surface area contributed by atoms with Crippen molar-refractivity contribution in [3.05, 3.63) is 0 Å². The van der Waals surface area contributed by atoms with Gasteiger partial charge in [-0.05, 0) is 19.3 Å². The van der Waals surface area contributed by atoms with E-state index in [-0.39, 0.29) is 5.97 Å². The highest BCUT2D eigenvalue weighted by Crippen LogP contribution is 2.08. The van der Waals surface area contributed by atoms with Crippen LogP contribution in [0.3, 0.4) is 0 Å². The Kier molecular flexibility index (Phi) is 33.6. The van der Waals surface area contributed by atoms with Crippen LogP contribution in [0.4, 0.5) is 0 Å². The first-order valence-electron chi connectivity index (χ1n) is 12.4. The largest absolute Gasteiger partial charge is 0.481 e. The monoisotopic (exact) mass is 446 g/mol. The SMILES string of the molecule is CCCCCC(=O)OC.CCCCCCCC(=O)O.CCCCCCCCCC(=O)O. The summed E-state index contributed by atoms with van der Waals surface area (Å²) in [6, 6.07) is 0. The van der Waals surface area contributed by atoms with Crippen molar-refractivity contribution in [2.45, 2.75) is 136 Å². The van der Waals surface area contributed by atoms with Crippen molar-refractivity contribution in [2.75, 3.05) is 7.11 Å². The Morgan fingerprint density at radius 2 is 0.806 bits per heavy atom. The van der Waals surface area contributed by atoms with Crippen LogP contribution in [-0.4, -0.2) is 35.2 Å². The van der Waals surface area contributed by atoms with Crippen LogP contribution < -0.4 is 0 Å². The Hall–Kier alpha value is -1.59. The van der Waals surface area contributed by atoms with Gasteiger partial charge in [0.25, 0.3) is 0 Å². The van der Waals surface area contributed by atoms with Crippen LogP contribution >= 0.6 is 0 Å². The number of ether oxygens (including phenoxy) is 1. The Morgan fingerprint density at radius 1 is 0.516 bits per heavy atom. The lowest BCUT2D eigenvalue weighted by Crippen LogP contribution is -1.98. The molecule has 0 aromatic rings.